The molecule has 33 heavy (non-hydrogen) atoms. The van der Waals surface area contributed by atoms with Crippen LogP contribution >= 0.6 is 0 Å². The van der Waals surface area contributed by atoms with Gasteiger partial charge >= 0.3 is 6.09 Å². The highest BCUT2D eigenvalue weighted by Crippen LogP contribution is 2.26. The number of ether oxygens (including phenoxy) is 1. The molecule has 1 aromatic carbocycles. The minimum Gasteiger partial charge on any atom is -0.391 e. The second kappa shape index (κ2) is 12.0. The lowest BCUT2D eigenvalue weighted by atomic mass is 9.85. The molecule has 178 valence electrons. The lowest BCUT2D eigenvalue weighted by molar-refractivity contribution is -0.124. The summed E-state index contributed by atoms with van der Waals surface area (Å²) in [5.74, 6) is -0.185. The molecule has 3 amide bonds. The van der Waals surface area contributed by atoms with Gasteiger partial charge in [0.15, 0.2) is 0 Å². The fraction of sp³-hybridized carbons (Fsp3) is 0.417. The number of pyridine rings is 1. The van der Waals surface area contributed by atoms with Crippen LogP contribution in [0, 0.1) is 5.41 Å². The standard InChI is InChI=1S/C24H33N5O4/c1-24(2,15-20(30)25-13-14-28(3)4)16-21(31)27-18-11-12-22(26-17-18)33-23(32)29(5)19-9-7-6-8-10-19/h6-12,17H,13-16H2,1-5H3,(H,25,30)(H,27,31). The van der Waals surface area contributed by atoms with Crippen molar-refractivity contribution in [3.63, 3.8) is 0 Å². The highest BCUT2D eigenvalue weighted by atomic mass is 16.6. The van der Waals surface area contributed by atoms with Gasteiger partial charge < -0.3 is 20.3 Å². The molecule has 1 heterocycles. The van der Waals surface area contributed by atoms with Gasteiger partial charge in [-0.1, -0.05) is 32.0 Å². The van der Waals surface area contributed by atoms with E-state index in [1.807, 2.05) is 51.0 Å². The van der Waals surface area contributed by atoms with Crippen LogP contribution in [0.25, 0.3) is 0 Å². The number of nitrogens with one attached hydrogen (secondary N) is 2. The largest absolute Gasteiger partial charge is 0.420 e. The average molecular weight is 456 g/mol. The second-order valence-electron chi connectivity index (χ2n) is 8.87. The Morgan fingerprint density at radius 3 is 2.24 bits per heavy atom. The number of carbonyl (C=O) groups excluding carboxylic acids is 3. The monoisotopic (exact) mass is 455 g/mol. The maximum Gasteiger partial charge on any atom is 0.420 e. The van der Waals surface area contributed by atoms with Gasteiger partial charge in [0.1, 0.15) is 0 Å². The van der Waals surface area contributed by atoms with Crippen LogP contribution in [-0.2, 0) is 9.59 Å². The predicted molar refractivity (Wildman–Crippen MR) is 128 cm³/mol. The van der Waals surface area contributed by atoms with Gasteiger partial charge in [0, 0.05) is 44.7 Å². The zero-order valence-electron chi connectivity index (χ0n) is 19.9. The molecule has 9 nitrogen and oxygen atoms in total. The summed E-state index contributed by atoms with van der Waals surface area (Å²) in [5, 5.41) is 5.63. The molecule has 0 unspecified atom stereocenters. The van der Waals surface area contributed by atoms with Gasteiger partial charge in [-0.3, -0.25) is 14.5 Å². The fourth-order valence-corrected chi connectivity index (χ4v) is 3.05. The van der Waals surface area contributed by atoms with Crippen molar-refractivity contribution < 1.29 is 19.1 Å². The molecule has 2 rings (SSSR count). The number of hydrogen-bond acceptors (Lipinski definition) is 6. The molecule has 0 aliphatic carbocycles. The molecule has 0 fully saturated rings. The van der Waals surface area contributed by atoms with E-state index in [0.29, 0.717) is 17.9 Å². The van der Waals surface area contributed by atoms with Crippen LogP contribution in [-0.4, -0.2) is 62.0 Å². The van der Waals surface area contributed by atoms with Crippen molar-refractivity contribution in [2.24, 2.45) is 5.41 Å². The van der Waals surface area contributed by atoms with E-state index in [1.165, 1.54) is 17.2 Å². The molecule has 0 atom stereocenters. The van der Waals surface area contributed by atoms with E-state index in [-0.39, 0.29) is 30.5 Å². The molecule has 0 aliphatic rings. The third-order valence-corrected chi connectivity index (χ3v) is 4.79. The predicted octanol–water partition coefficient (Wildman–Crippen LogP) is 3.14. The first kappa shape index (κ1) is 25.8. The molecule has 0 spiro atoms. The van der Waals surface area contributed by atoms with E-state index in [4.69, 9.17) is 4.74 Å². The number of benzene rings is 1. The summed E-state index contributed by atoms with van der Waals surface area (Å²) in [5.41, 5.74) is 0.667. The van der Waals surface area contributed by atoms with E-state index >= 15 is 0 Å². The number of hydrogen-bond donors (Lipinski definition) is 2. The zero-order chi connectivity index (χ0) is 24.4. The van der Waals surface area contributed by atoms with Crippen LogP contribution in [0.2, 0.25) is 0 Å². The van der Waals surface area contributed by atoms with Crippen molar-refractivity contribution in [1.82, 2.24) is 15.2 Å². The van der Waals surface area contributed by atoms with Gasteiger partial charge in [0.2, 0.25) is 17.7 Å². The summed E-state index contributed by atoms with van der Waals surface area (Å²) in [7, 11) is 5.49. The van der Waals surface area contributed by atoms with Crippen molar-refractivity contribution in [3.05, 3.63) is 48.7 Å². The van der Waals surface area contributed by atoms with Crippen molar-refractivity contribution in [1.29, 1.82) is 0 Å². The first-order valence-electron chi connectivity index (χ1n) is 10.7. The Morgan fingerprint density at radius 2 is 1.64 bits per heavy atom. The Hall–Kier alpha value is -3.46. The highest BCUT2D eigenvalue weighted by Gasteiger charge is 2.25. The molecule has 2 N–H and O–H groups in total. The van der Waals surface area contributed by atoms with Gasteiger partial charge in [-0.05, 0) is 37.7 Å². The number of anilines is 2. The first-order chi connectivity index (χ1) is 15.6. The number of rotatable bonds is 10. The van der Waals surface area contributed by atoms with Crippen molar-refractivity contribution in [2.45, 2.75) is 26.7 Å². The van der Waals surface area contributed by atoms with Crippen molar-refractivity contribution in [2.75, 3.05) is 44.4 Å². The first-order valence-corrected chi connectivity index (χ1v) is 10.7. The van der Waals surface area contributed by atoms with Crippen LogP contribution in [0.5, 0.6) is 5.88 Å². The molecular weight excluding hydrogens is 422 g/mol. The van der Waals surface area contributed by atoms with E-state index in [9.17, 15) is 14.4 Å². The number of amides is 3. The van der Waals surface area contributed by atoms with E-state index in [1.54, 1.807) is 25.2 Å². The topological polar surface area (TPSA) is 104 Å². The Labute approximate surface area is 195 Å². The number of para-hydroxylation sites is 1. The maximum atomic E-state index is 12.5. The molecule has 0 bridgehead atoms. The van der Waals surface area contributed by atoms with Crippen LogP contribution < -0.4 is 20.3 Å². The Bertz CT molecular complexity index is 930. The minimum atomic E-state index is -0.573. The Morgan fingerprint density at radius 1 is 0.970 bits per heavy atom. The van der Waals surface area contributed by atoms with Gasteiger partial charge in [-0.15, -0.1) is 0 Å². The summed E-state index contributed by atoms with van der Waals surface area (Å²) in [6.07, 6.45) is 1.27. The van der Waals surface area contributed by atoms with Crippen molar-refractivity contribution in [3.8, 4) is 5.88 Å². The number of nitrogens with zero attached hydrogens (tertiary/aromatic N) is 3. The molecule has 0 radical (unpaired) electrons. The van der Waals surface area contributed by atoms with E-state index < -0.39 is 11.5 Å². The van der Waals surface area contributed by atoms with Crippen LogP contribution in [0.15, 0.2) is 48.7 Å². The lowest BCUT2D eigenvalue weighted by Gasteiger charge is -2.23. The fourth-order valence-electron chi connectivity index (χ4n) is 3.05. The second-order valence-corrected chi connectivity index (χ2v) is 8.87. The SMILES string of the molecule is CN(C)CCNC(=O)CC(C)(C)CC(=O)Nc1ccc(OC(=O)N(C)c2ccccc2)nc1. The third-order valence-electron chi connectivity index (χ3n) is 4.79. The number of carbonyl (C=O) groups is 3. The molecule has 0 saturated heterocycles. The quantitative estimate of drug-likeness (QED) is 0.570. The number of aromatic nitrogens is 1. The molecule has 9 heteroatoms. The summed E-state index contributed by atoms with van der Waals surface area (Å²) in [6.45, 7) is 5.08. The molecule has 2 aromatic rings. The summed E-state index contributed by atoms with van der Waals surface area (Å²) >= 11 is 0. The van der Waals surface area contributed by atoms with E-state index in [0.717, 1.165) is 6.54 Å². The molecule has 1 aromatic heterocycles. The van der Waals surface area contributed by atoms with E-state index in [2.05, 4.69) is 15.6 Å². The summed E-state index contributed by atoms with van der Waals surface area (Å²) < 4.78 is 5.28. The maximum absolute atomic E-state index is 12.5. The molecule has 0 saturated carbocycles. The molecule has 0 aliphatic heterocycles. The normalized spacial score (nSPS) is 11.1. The molecular formula is C24H33N5O4. The van der Waals surface area contributed by atoms with Crippen molar-refractivity contribution >= 4 is 29.3 Å². The highest BCUT2D eigenvalue weighted by molar-refractivity contribution is 5.91. The number of likely N-dealkylation sites (N-methyl/N-ethyl adjacent to an activating group) is 1. The minimum absolute atomic E-state index is 0.0806. The Kier molecular flexibility index (Phi) is 9.35. The van der Waals surface area contributed by atoms with Crippen LogP contribution in [0.3, 0.4) is 0 Å². The lowest BCUT2D eigenvalue weighted by Crippen LogP contribution is -2.35. The van der Waals surface area contributed by atoms with Crippen LogP contribution in [0.4, 0.5) is 16.2 Å². The van der Waals surface area contributed by atoms with Gasteiger partial charge in [0.05, 0.1) is 11.9 Å². The zero-order valence-corrected chi connectivity index (χ0v) is 19.9. The summed E-state index contributed by atoms with van der Waals surface area (Å²) in [4.78, 5) is 44.3. The Balaban J connectivity index is 1.83. The average Bonchev–Trinajstić information content (AvgIpc) is 2.74. The van der Waals surface area contributed by atoms with Gasteiger partial charge in [-0.25, -0.2) is 9.78 Å². The smallest absolute Gasteiger partial charge is 0.391 e. The third kappa shape index (κ3) is 9.28. The van der Waals surface area contributed by atoms with Gasteiger partial charge in [0.25, 0.3) is 0 Å². The van der Waals surface area contributed by atoms with Crippen LogP contribution in [0.1, 0.15) is 26.7 Å². The summed E-state index contributed by atoms with van der Waals surface area (Å²) in [6, 6.07) is 12.2. The van der Waals surface area contributed by atoms with Gasteiger partial charge in [-0.2, -0.15) is 0 Å².